The Bertz CT molecular complexity index is 833. The van der Waals surface area contributed by atoms with Crippen molar-refractivity contribution >= 4 is 11.5 Å². The van der Waals surface area contributed by atoms with E-state index in [2.05, 4.69) is 41.0 Å². The highest BCUT2D eigenvalue weighted by molar-refractivity contribution is 5.99. The molecule has 1 saturated heterocycles. The molecular weight excluding hydrogens is 372 g/mol. The molecule has 2 aromatic carbocycles. The maximum Gasteiger partial charge on any atom is 0.182 e. The number of hydrogen-bond donors (Lipinski definition) is 0. The third kappa shape index (κ3) is 5.23. The predicted octanol–water partition coefficient (Wildman–Crippen LogP) is 4.97. The molecule has 0 bridgehead atoms. The second kappa shape index (κ2) is 10.1. The lowest BCUT2D eigenvalue weighted by Gasteiger charge is -2.24. The number of benzene rings is 2. The van der Waals surface area contributed by atoms with E-state index in [9.17, 15) is 4.79 Å². The highest BCUT2D eigenvalue weighted by Gasteiger charge is 2.20. The average molecular weight is 407 g/mol. The number of hydrogen-bond acceptors (Lipinski definition) is 4. The Morgan fingerprint density at radius 1 is 1.03 bits per heavy atom. The van der Waals surface area contributed by atoms with Crippen LogP contribution in [0.25, 0.3) is 0 Å². The van der Waals surface area contributed by atoms with Gasteiger partial charge in [0.1, 0.15) is 5.75 Å². The molecule has 4 heteroatoms. The van der Waals surface area contributed by atoms with E-state index < -0.39 is 0 Å². The number of ketones is 1. The summed E-state index contributed by atoms with van der Waals surface area (Å²) < 4.78 is 5.90. The first-order chi connectivity index (χ1) is 14.7. The molecule has 0 radical (unpaired) electrons. The Balaban J connectivity index is 1.28. The fourth-order valence-electron chi connectivity index (χ4n) is 4.72. The largest absolute Gasteiger partial charge is 0.494 e. The Labute approximate surface area is 180 Å². The SMILES string of the molecule is CC1CCCN1CCCOc1ccc(C(=O)CN2CCCCc3ccccc32)cc1. The summed E-state index contributed by atoms with van der Waals surface area (Å²) in [6, 6.07) is 16.9. The van der Waals surface area contributed by atoms with Gasteiger partial charge in [-0.05, 0) is 87.9 Å². The standard InChI is InChI=1S/C26H34N2O2/c1-21-8-6-17-27(21)18-7-19-30-24-14-12-23(13-15-24)26(29)20-28-16-5-4-10-22-9-2-3-11-25(22)28/h2-3,9,11-15,21H,4-8,10,16-20H2,1H3. The van der Waals surface area contributed by atoms with Crippen molar-refractivity contribution in [1.29, 1.82) is 0 Å². The molecule has 0 aromatic heterocycles. The van der Waals surface area contributed by atoms with Gasteiger partial charge in [0.2, 0.25) is 0 Å². The molecular formula is C26H34N2O2. The van der Waals surface area contributed by atoms with Crippen LogP contribution in [-0.4, -0.2) is 49.5 Å². The van der Waals surface area contributed by atoms with Crippen LogP contribution in [0, 0.1) is 0 Å². The Morgan fingerprint density at radius 3 is 2.67 bits per heavy atom. The molecule has 1 unspecified atom stereocenters. The van der Waals surface area contributed by atoms with Crippen LogP contribution in [-0.2, 0) is 6.42 Å². The van der Waals surface area contributed by atoms with E-state index >= 15 is 0 Å². The van der Waals surface area contributed by atoms with Crippen LogP contribution in [0.4, 0.5) is 5.69 Å². The zero-order chi connectivity index (χ0) is 20.8. The van der Waals surface area contributed by atoms with Crippen molar-refractivity contribution in [3.05, 3.63) is 59.7 Å². The van der Waals surface area contributed by atoms with Crippen LogP contribution in [0.2, 0.25) is 0 Å². The minimum atomic E-state index is 0.168. The Kier molecular flexibility index (Phi) is 7.06. The van der Waals surface area contributed by atoms with Crippen molar-refractivity contribution in [3.63, 3.8) is 0 Å². The van der Waals surface area contributed by atoms with Gasteiger partial charge in [0.05, 0.1) is 13.2 Å². The number of para-hydroxylation sites is 1. The second-order valence-corrected chi connectivity index (χ2v) is 8.68. The van der Waals surface area contributed by atoms with Crippen LogP contribution in [0.5, 0.6) is 5.75 Å². The van der Waals surface area contributed by atoms with Crippen molar-refractivity contribution in [3.8, 4) is 5.75 Å². The summed E-state index contributed by atoms with van der Waals surface area (Å²) in [6.45, 7) is 6.74. The average Bonchev–Trinajstić information content (AvgIpc) is 3.07. The number of ether oxygens (including phenoxy) is 1. The third-order valence-corrected chi connectivity index (χ3v) is 6.52. The summed E-state index contributed by atoms with van der Waals surface area (Å²) in [6.07, 6.45) is 7.10. The van der Waals surface area contributed by atoms with E-state index in [-0.39, 0.29) is 5.78 Å². The summed E-state index contributed by atoms with van der Waals surface area (Å²) in [4.78, 5) is 17.7. The minimum Gasteiger partial charge on any atom is -0.494 e. The number of aryl methyl sites for hydroxylation is 1. The lowest BCUT2D eigenvalue weighted by molar-refractivity contribution is 0.0999. The number of likely N-dealkylation sites (tertiary alicyclic amines) is 1. The van der Waals surface area contributed by atoms with Crippen LogP contribution in [0.1, 0.15) is 54.9 Å². The molecule has 0 spiro atoms. The van der Waals surface area contributed by atoms with Crippen LogP contribution >= 0.6 is 0 Å². The fourth-order valence-corrected chi connectivity index (χ4v) is 4.72. The molecule has 0 amide bonds. The molecule has 1 atom stereocenters. The molecule has 0 N–H and O–H groups in total. The molecule has 2 aromatic rings. The van der Waals surface area contributed by atoms with Crippen LogP contribution < -0.4 is 9.64 Å². The Morgan fingerprint density at radius 2 is 1.87 bits per heavy atom. The number of anilines is 1. The maximum absolute atomic E-state index is 12.9. The highest BCUT2D eigenvalue weighted by Crippen LogP contribution is 2.26. The minimum absolute atomic E-state index is 0.168. The van der Waals surface area contributed by atoms with Crippen molar-refractivity contribution in [1.82, 2.24) is 4.90 Å². The van der Waals surface area contributed by atoms with Gasteiger partial charge in [0.25, 0.3) is 0 Å². The number of nitrogens with zero attached hydrogens (tertiary/aromatic N) is 2. The number of carbonyl (C=O) groups excluding carboxylic acids is 1. The summed E-state index contributed by atoms with van der Waals surface area (Å²) >= 11 is 0. The van der Waals surface area contributed by atoms with Crippen LogP contribution in [0.3, 0.4) is 0 Å². The van der Waals surface area contributed by atoms with Gasteiger partial charge in [-0.25, -0.2) is 0 Å². The summed E-state index contributed by atoms with van der Waals surface area (Å²) in [5, 5.41) is 0. The first-order valence-electron chi connectivity index (χ1n) is 11.5. The summed E-state index contributed by atoms with van der Waals surface area (Å²) in [5.41, 5.74) is 3.33. The van der Waals surface area contributed by atoms with Gasteiger partial charge in [-0.1, -0.05) is 18.2 Å². The molecule has 2 aliphatic heterocycles. The molecule has 2 heterocycles. The van der Waals surface area contributed by atoms with Gasteiger partial charge in [-0.2, -0.15) is 0 Å². The predicted molar refractivity (Wildman–Crippen MR) is 123 cm³/mol. The van der Waals surface area contributed by atoms with E-state index in [4.69, 9.17) is 4.74 Å². The second-order valence-electron chi connectivity index (χ2n) is 8.68. The number of Topliss-reactive ketones (excluding diaryl/α,β-unsaturated/α-hetero) is 1. The molecule has 0 saturated carbocycles. The van der Waals surface area contributed by atoms with Crippen molar-refractivity contribution in [2.24, 2.45) is 0 Å². The first kappa shape index (κ1) is 20.9. The van der Waals surface area contributed by atoms with Crippen molar-refractivity contribution in [2.45, 2.75) is 51.5 Å². The highest BCUT2D eigenvalue weighted by atomic mass is 16.5. The lowest BCUT2D eigenvalue weighted by atomic mass is 10.1. The monoisotopic (exact) mass is 406 g/mol. The third-order valence-electron chi connectivity index (χ3n) is 6.52. The zero-order valence-corrected chi connectivity index (χ0v) is 18.2. The summed E-state index contributed by atoms with van der Waals surface area (Å²) in [7, 11) is 0. The molecule has 2 aliphatic rings. The molecule has 0 aliphatic carbocycles. The molecule has 30 heavy (non-hydrogen) atoms. The Hall–Kier alpha value is -2.33. The maximum atomic E-state index is 12.9. The molecule has 4 rings (SSSR count). The number of rotatable bonds is 8. The van der Waals surface area contributed by atoms with Crippen molar-refractivity contribution in [2.75, 3.05) is 37.7 Å². The summed E-state index contributed by atoms with van der Waals surface area (Å²) in [5.74, 6) is 1.02. The number of fused-ring (bicyclic) bond motifs is 1. The first-order valence-corrected chi connectivity index (χ1v) is 11.5. The smallest absolute Gasteiger partial charge is 0.182 e. The van der Waals surface area contributed by atoms with E-state index in [1.165, 1.54) is 37.1 Å². The zero-order valence-electron chi connectivity index (χ0n) is 18.2. The quantitative estimate of drug-likeness (QED) is 0.458. The lowest BCUT2D eigenvalue weighted by Crippen LogP contribution is -2.30. The molecule has 1 fully saturated rings. The molecule has 4 nitrogen and oxygen atoms in total. The fraction of sp³-hybridized carbons (Fsp3) is 0.500. The normalized spacial score (nSPS) is 19.4. The van der Waals surface area contributed by atoms with E-state index in [1.54, 1.807) is 0 Å². The van der Waals surface area contributed by atoms with Gasteiger partial charge < -0.3 is 14.5 Å². The van der Waals surface area contributed by atoms with Crippen LogP contribution in [0.15, 0.2) is 48.5 Å². The van der Waals surface area contributed by atoms with Gasteiger partial charge >= 0.3 is 0 Å². The topological polar surface area (TPSA) is 32.8 Å². The van der Waals surface area contributed by atoms with Gasteiger partial charge in [-0.15, -0.1) is 0 Å². The van der Waals surface area contributed by atoms with Gasteiger partial charge in [-0.3, -0.25) is 4.79 Å². The van der Waals surface area contributed by atoms with Gasteiger partial charge in [0.15, 0.2) is 5.78 Å². The number of carbonyl (C=O) groups is 1. The van der Waals surface area contributed by atoms with Gasteiger partial charge in [0, 0.05) is 30.4 Å². The molecule has 160 valence electrons. The van der Waals surface area contributed by atoms with Crippen molar-refractivity contribution < 1.29 is 9.53 Å². The van der Waals surface area contributed by atoms with E-state index in [0.29, 0.717) is 12.6 Å². The van der Waals surface area contributed by atoms with E-state index in [0.717, 1.165) is 50.3 Å². The van der Waals surface area contributed by atoms with E-state index in [1.807, 2.05) is 24.3 Å².